The number of rotatable bonds is 3. The van der Waals surface area contributed by atoms with Crippen LogP contribution in [0, 0.1) is 0 Å². The minimum atomic E-state index is 0.175. The monoisotopic (exact) mass is 219 g/mol. The van der Waals surface area contributed by atoms with Crippen molar-refractivity contribution >= 4 is 12.4 Å². The molecule has 0 unspecified atom stereocenters. The van der Waals surface area contributed by atoms with E-state index < -0.39 is 0 Å². The van der Waals surface area contributed by atoms with Gasteiger partial charge in [-0.2, -0.15) is 0 Å². The van der Waals surface area contributed by atoms with E-state index in [4.69, 9.17) is 9.47 Å². The second kappa shape index (κ2) is 4.59. The Morgan fingerprint density at radius 1 is 1.31 bits per heavy atom. The highest BCUT2D eigenvalue weighted by molar-refractivity contribution is 5.82. The molecule has 1 heterocycles. The molecular weight excluding hydrogens is 210 g/mol. The standard InChI is InChI=1S/C11H9NO4/c13-6-9-2-1-8(5-12-7-14)10-11(9)16-4-3-15-10/h1-2,6H,3-5H2. The summed E-state index contributed by atoms with van der Waals surface area (Å²) in [4.78, 5) is 24.3. The van der Waals surface area contributed by atoms with Crippen LogP contribution in [0.2, 0.25) is 0 Å². The molecule has 1 aromatic carbocycles. The quantitative estimate of drug-likeness (QED) is 0.434. The fourth-order valence-corrected chi connectivity index (χ4v) is 1.55. The normalized spacial score (nSPS) is 12.8. The van der Waals surface area contributed by atoms with E-state index in [1.54, 1.807) is 12.1 Å². The second-order valence-corrected chi connectivity index (χ2v) is 3.19. The van der Waals surface area contributed by atoms with Gasteiger partial charge < -0.3 is 9.47 Å². The van der Waals surface area contributed by atoms with Crippen molar-refractivity contribution in [3.8, 4) is 11.5 Å². The summed E-state index contributed by atoms with van der Waals surface area (Å²) < 4.78 is 10.8. The van der Waals surface area contributed by atoms with Crippen LogP contribution in [0.25, 0.3) is 0 Å². The summed E-state index contributed by atoms with van der Waals surface area (Å²) in [7, 11) is 0. The number of nitrogens with zero attached hydrogens (tertiary/aromatic N) is 1. The number of benzene rings is 1. The summed E-state index contributed by atoms with van der Waals surface area (Å²) in [6.07, 6.45) is 2.17. The summed E-state index contributed by atoms with van der Waals surface area (Å²) in [5, 5.41) is 0. The maximum absolute atomic E-state index is 10.8. The smallest absolute Gasteiger partial charge is 0.235 e. The van der Waals surface area contributed by atoms with E-state index in [0.717, 1.165) is 0 Å². The molecule has 0 N–H and O–H groups in total. The Labute approximate surface area is 91.7 Å². The molecular formula is C11H9NO4. The molecule has 0 atom stereocenters. The van der Waals surface area contributed by atoms with E-state index in [9.17, 15) is 9.59 Å². The fourth-order valence-electron chi connectivity index (χ4n) is 1.55. The lowest BCUT2D eigenvalue weighted by Crippen LogP contribution is -2.17. The molecule has 0 fully saturated rings. The highest BCUT2D eigenvalue weighted by Gasteiger charge is 2.19. The molecule has 5 nitrogen and oxygen atoms in total. The van der Waals surface area contributed by atoms with Crippen molar-refractivity contribution in [1.29, 1.82) is 0 Å². The van der Waals surface area contributed by atoms with Crippen LogP contribution in [0.4, 0.5) is 0 Å². The van der Waals surface area contributed by atoms with E-state index in [0.29, 0.717) is 42.1 Å². The Morgan fingerprint density at radius 2 is 2.06 bits per heavy atom. The summed E-state index contributed by atoms with van der Waals surface area (Å²) in [6.45, 7) is 1.01. The first kappa shape index (κ1) is 10.4. The third kappa shape index (κ3) is 1.81. The second-order valence-electron chi connectivity index (χ2n) is 3.19. The number of aldehydes is 1. The molecule has 0 saturated heterocycles. The number of ether oxygens (including phenoxy) is 2. The number of hydrogen-bond acceptors (Lipinski definition) is 5. The molecule has 16 heavy (non-hydrogen) atoms. The van der Waals surface area contributed by atoms with Gasteiger partial charge in [0.1, 0.15) is 13.2 Å². The van der Waals surface area contributed by atoms with Crippen molar-refractivity contribution in [2.24, 2.45) is 4.99 Å². The molecule has 1 aliphatic rings. The average Bonchev–Trinajstić information content (AvgIpc) is 2.36. The van der Waals surface area contributed by atoms with Gasteiger partial charge in [0.25, 0.3) is 0 Å². The van der Waals surface area contributed by atoms with Crippen LogP contribution in [0.5, 0.6) is 11.5 Å². The lowest BCUT2D eigenvalue weighted by Gasteiger charge is -2.21. The molecule has 0 aliphatic carbocycles. The summed E-state index contributed by atoms with van der Waals surface area (Å²) in [5.74, 6) is 0.926. The molecule has 0 radical (unpaired) electrons. The van der Waals surface area contributed by atoms with Crippen LogP contribution >= 0.6 is 0 Å². The third-order valence-electron chi connectivity index (χ3n) is 2.24. The molecule has 0 spiro atoms. The highest BCUT2D eigenvalue weighted by Crippen LogP contribution is 2.36. The van der Waals surface area contributed by atoms with Crippen LogP contribution in [0.3, 0.4) is 0 Å². The van der Waals surface area contributed by atoms with Crippen molar-refractivity contribution < 1.29 is 19.1 Å². The van der Waals surface area contributed by atoms with Crippen molar-refractivity contribution in [2.45, 2.75) is 6.54 Å². The van der Waals surface area contributed by atoms with Crippen LogP contribution in [0.1, 0.15) is 15.9 Å². The maximum atomic E-state index is 10.8. The maximum Gasteiger partial charge on any atom is 0.235 e. The van der Waals surface area contributed by atoms with Gasteiger partial charge >= 0.3 is 0 Å². The van der Waals surface area contributed by atoms with Gasteiger partial charge in [0.2, 0.25) is 6.08 Å². The minimum Gasteiger partial charge on any atom is -0.486 e. The van der Waals surface area contributed by atoms with Gasteiger partial charge in [0.15, 0.2) is 17.8 Å². The molecule has 0 bridgehead atoms. The van der Waals surface area contributed by atoms with Crippen LogP contribution < -0.4 is 9.47 Å². The number of carbonyl (C=O) groups is 1. The Hall–Kier alpha value is -2.13. The molecule has 0 amide bonds. The predicted octanol–water partition coefficient (Wildman–Crippen LogP) is 1.11. The fraction of sp³-hybridized carbons (Fsp3) is 0.273. The first-order valence-electron chi connectivity index (χ1n) is 4.77. The molecule has 5 heteroatoms. The van der Waals surface area contributed by atoms with Crippen LogP contribution in [-0.2, 0) is 11.3 Å². The lowest BCUT2D eigenvalue weighted by molar-refractivity contribution is 0.111. The van der Waals surface area contributed by atoms with Gasteiger partial charge in [-0.25, -0.2) is 9.79 Å². The highest BCUT2D eigenvalue weighted by atomic mass is 16.6. The minimum absolute atomic E-state index is 0.175. The van der Waals surface area contributed by atoms with Gasteiger partial charge in [-0.3, -0.25) is 4.79 Å². The zero-order valence-corrected chi connectivity index (χ0v) is 8.43. The van der Waals surface area contributed by atoms with E-state index in [1.807, 2.05) is 0 Å². The molecule has 2 rings (SSSR count). The van der Waals surface area contributed by atoms with E-state index in [-0.39, 0.29) is 6.54 Å². The van der Waals surface area contributed by atoms with E-state index in [1.165, 1.54) is 6.08 Å². The Morgan fingerprint density at radius 3 is 2.75 bits per heavy atom. The SMILES string of the molecule is O=C=NCc1ccc(C=O)c2c1OCCO2. The zero-order valence-electron chi connectivity index (χ0n) is 8.43. The number of carbonyl (C=O) groups excluding carboxylic acids is 2. The Balaban J connectivity index is 2.47. The Kier molecular flexibility index (Phi) is 2.98. The largest absolute Gasteiger partial charge is 0.486 e. The van der Waals surface area contributed by atoms with Gasteiger partial charge in [-0.1, -0.05) is 6.07 Å². The van der Waals surface area contributed by atoms with E-state index >= 15 is 0 Å². The molecule has 0 saturated carbocycles. The van der Waals surface area contributed by atoms with Crippen molar-refractivity contribution in [2.75, 3.05) is 13.2 Å². The molecule has 1 aliphatic heterocycles. The predicted molar refractivity (Wildman–Crippen MR) is 54.6 cm³/mol. The topological polar surface area (TPSA) is 65.0 Å². The summed E-state index contributed by atoms with van der Waals surface area (Å²) in [6, 6.07) is 3.31. The van der Waals surface area contributed by atoms with Gasteiger partial charge in [-0.05, 0) is 6.07 Å². The van der Waals surface area contributed by atoms with E-state index in [2.05, 4.69) is 4.99 Å². The molecule has 82 valence electrons. The van der Waals surface area contributed by atoms with Gasteiger partial charge in [-0.15, -0.1) is 0 Å². The molecule has 0 aromatic heterocycles. The summed E-state index contributed by atoms with van der Waals surface area (Å²) >= 11 is 0. The van der Waals surface area contributed by atoms with Crippen molar-refractivity contribution in [1.82, 2.24) is 0 Å². The number of isocyanates is 1. The van der Waals surface area contributed by atoms with Crippen LogP contribution in [-0.4, -0.2) is 25.6 Å². The average molecular weight is 219 g/mol. The van der Waals surface area contributed by atoms with Crippen LogP contribution in [0.15, 0.2) is 17.1 Å². The van der Waals surface area contributed by atoms with Gasteiger partial charge in [0, 0.05) is 5.56 Å². The van der Waals surface area contributed by atoms with Crippen molar-refractivity contribution in [3.05, 3.63) is 23.3 Å². The Bertz CT molecular complexity index is 463. The first-order valence-corrected chi connectivity index (χ1v) is 4.77. The lowest BCUT2D eigenvalue weighted by atomic mass is 10.1. The number of aliphatic imine (C=N–C) groups is 1. The number of fused-ring (bicyclic) bond motifs is 1. The van der Waals surface area contributed by atoms with Gasteiger partial charge in [0.05, 0.1) is 12.1 Å². The van der Waals surface area contributed by atoms with Crippen molar-refractivity contribution in [3.63, 3.8) is 0 Å². The summed E-state index contributed by atoms with van der Waals surface area (Å²) in [5.41, 5.74) is 1.15. The third-order valence-corrected chi connectivity index (χ3v) is 2.24. The number of hydrogen-bond donors (Lipinski definition) is 0. The molecule has 1 aromatic rings. The first-order chi connectivity index (χ1) is 7.86. The zero-order chi connectivity index (χ0) is 11.4.